The summed E-state index contributed by atoms with van der Waals surface area (Å²) in [5, 5.41) is 0. The molecule has 2 aromatic heterocycles. The molecule has 0 bridgehead atoms. The van der Waals surface area contributed by atoms with Crippen molar-refractivity contribution in [3.63, 3.8) is 0 Å². The van der Waals surface area contributed by atoms with Crippen LogP contribution in [-0.4, -0.2) is 41.0 Å². The van der Waals surface area contributed by atoms with Crippen molar-refractivity contribution in [1.82, 2.24) is 9.47 Å². The van der Waals surface area contributed by atoms with E-state index >= 15 is 0 Å². The number of amides is 1. The van der Waals surface area contributed by atoms with E-state index in [1.807, 2.05) is 4.90 Å². The number of carbonyl (C=O) groups is 2. The largest absolute Gasteiger partial charge is 0.464 e. The molecular formula is C17H22N2O4. The number of hydrogen-bond donors (Lipinski definition) is 0. The summed E-state index contributed by atoms with van der Waals surface area (Å²) in [6.45, 7) is 3.03. The van der Waals surface area contributed by atoms with Crippen LogP contribution in [0.2, 0.25) is 0 Å². The average molecular weight is 318 g/mol. The number of piperidine rings is 1. The van der Waals surface area contributed by atoms with E-state index in [1.54, 1.807) is 23.0 Å². The predicted octanol–water partition coefficient (Wildman–Crippen LogP) is 2.81. The molecule has 3 rings (SSSR count). The van der Waals surface area contributed by atoms with Gasteiger partial charge in [-0.1, -0.05) is 6.92 Å². The Morgan fingerprint density at radius 3 is 2.96 bits per heavy atom. The fraction of sp³-hybridized carbons (Fsp3) is 0.529. The van der Waals surface area contributed by atoms with Gasteiger partial charge in [0.2, 0.25) is 5.91 Å². The molecule has 1 atom stereocenters. The summed E-state index contributed by atoms with van der Waals surface area (Å²) >= 11 is 0. The lowest BCUT2D eigenvalue weighted by molar-refractivity contribution is -0.135. The molecule has 6 nitrogen and oxygen atoms in total. The van der Waals surface area contributed by atoms with Crippen LogP contribution in [0.5, 0.6) is 0 Å². The molecule has 3 heterocycles. The van der Waals surface area contributed by atoms with Gasteiger partial charge in [0.1, 0.15) is 12.2 Å². The third-order valence-corrected chi connectivity index (χ3v) is 4.63. The maximum Gasteiger partial charge on any atom is 0.354 e. The number of aromatic nitrogens is 1. The molecule has 1 saturated heterocycles. The standard InChI is InChI=1S/C17H22N2O4/c1-3-12-6-4-5-8-18(12)16(20)11-19-13-7-9-23-15(13)10-14(19)17(21)22-2/h7,9-10,12H,3-6,8,11H2,1-2H3/t12-/m1/s1. The summed E-state index contributed by atoms with van der Waals surface area (Å²) in [6, 6.07) is 3.69. The quantitative estimate of drug-likeness (QED) is 0.813. The number of rotatable bonds is 4. The molecule has 23 heavy (non-hydrogen) atoms. The Morgan fingerprint density at radius 2 is 2.22 bits per heavy atom. The van der Waals surface area contributed by atoms with E-state index in [1.165, 1.54) is 13.5 Å². The van der Waals surface area contributed by atoms with Crippen molar-refractivity contribution < 1.29 is 18.7 Å². The van der Waals surface area contributed by atoms with Crippen LogP contribution in [0.4, 0.5) is 0 Å². The van der Waals surface area contributed by atoms with E-state index in [-0.39, 0.29) is 12.5 Å². The van der Waals surface area contributed by atoms with E-state index in [9.17, 15) is 9.59 Å². The first kappa shape index (κ1) is 15.6. The van der Waals surface area contributed by atoms with Gasteiger partial charge >= 0.3 is 5.97 Å². The van der Waals surface area contributed by atoms with Crippen molar-refractivity contribution >= 4 is 23.0 Å². The van der Waals surface area contributed by atoms with Gasteiger partial charge in [0.05, 0.1) is 18.9 Å². The summed E-state index contributed by atoms with van der Waals surface area (Å²) in [5.41, 5.74) is 1.67. The first-order chi connectivity index (χ1) is 11.2. The van der Waals surface area contributed by atoms with Gasteiger partial charge in [0.25, 0.3) is 0 Å². The lowest BCUT2D eigenvalue weighted by Gasteiger charge is -2.35. The molecule has 0 spiro atoms. The fourth-order valence-electron chi connectivity index (χ4n) is 3.40. The Hall–Kier alpha value is -2.24. The molecule has 2 aromatic rings. The maximum atomic E-state index is 12.8. The molecule has 1 aliphatic rings. The monoisotopic (exact) mass is 318 g/mol. The van der Waals surface area contributed by atoms with Gasteiger partial charge in [-0.3, -0.25) is 4.79 Å². The molecule has 0 saturated carbocycles. The van der Waals surface area contributed by atoms with E-state index in [2.05, 4.69) is 6.92 Å². The van der Waals surface area contributed by atoms with Gasteiger partial charge in [-0.15, -0.1) is 0 Å². The molecule has 0 aliphatic carbocycles. The fourth-order valence-corrected chi connectivity index (χ4v) is 3.40. The summed E-state index contributed by atoms with van der Waals surface area (Å²) in [5.74, 6) is -0.421. The van der Waals surface area contributed by atoms with Crippen LogP contribution in [0, 0.1) is 0 Å². The molecule has 6 heteroatoms. The van der Waals surface area contributed by atoms with Gasteiger partial charge in [-0.25, -0.2) is 4.79 Å². The van der Waals surface area contributed by atoms with Crippen molar-refractivity contribution in [2.45, 2.75) is 45.2 Å². The Balaban J connectivity index is 1.89. The maximum absolute atomic E-state index is 12.8. The minimum Gasteiger partial charge on any atom is -0.464 e. The molecule has 1 fully saturated rings. The van der Waals surface area contributed by atoms with Gasteiger partial charge in [-0.2, -0.15) is 0 Å². The zero-order valence-electron chi connectivity index (χ0n) is 13.6. The van der Waals surface area contributed by atoms with Gasteiger partial charge in [-0.05, 0) is 25.7 Å². The van der Waals surface area contributed by atoms with Crippen LogP contribution in [-0.2, 0) is 16.1 Å². The van der Waals surface area contributed by atoms with E-state index in [0.717, 1.165) is 31.3 Å². The topological polar surface area (TPSA) is 64.7 Å². The second kappa shape index (κ2) is 6.48. The lowest BCUT2D eigenvalue weighted by atomic mass is 10.00. The summed E-state index contributed by atoms with van der Waals surface area (Å²) in [6.07, 6.45) is 5.79. The number of esters is 1. The highest BCUT2D eigenvalue weighted by molar-refractivity contribution is 5.95. The second-order valence-electron chi connectivity index (χ2n) is 5.92. The zero-order valence-corrected chi connectivity index (χ0v) is 13.6. The van der Waals surface area contributed by atoms with Crippen molar-refractivity contribution in [2.75, 3.05) is 13.7 Å². The molecule has 1 aliphatic heterocycles. The van der Waals surface area contributed by atoms with Crippen LogP contribution in [0.25, 0.3) is 11.1 Å². The van der Waals surface area contributed by atoms with Crippen molar-refractivity contribution in [2.24, 2.45) is 0 Å². The highest BCUT2D eigenvalue weighted by atomic mass is 16.5. The molecular weight excluding hydrogens is 296 g/mol. The Morgan fingerprint density at radius 1 is 1.39 bits per heavy atom. The minimum absolute atomic E-state index is 0.0420. The number of likely N-dealkylation sites (tertiary alicyclic amines) is 1. The van der Waals surface area contributed by atoms with Crippen molar-refractivity contribution in [3.8, 4) is 0 Å². The first-order valence-corrected chi connectivity index (χ1v) is 8.10. The SMILES string of the molecule is CC[C@@H]1CCCCN1C(=O)Cn1c(C(=O)OC)cc2occc21. The highest BCUT2D eigenvalue weighted by Gasteiger charge is 2.27. The Bertz CT molecular complexity index is 715. The lowest BCUT2D eigenvalue weighted by Crippen LogP contribution is -2.45. The molecule has 0 N–H and O–H groups in total. The molecule has 124 valence electrons. The number of methoxy groups -OCH3 is 1. The second-order valence-corrected chi connectivity index (χ2v) is 5.92. The normalized spacial score (nSPS) is 18.3. The van der Waals surface area contributed by atoms with Crippen LogP contribution >= 0.6 is 0 Å². The number of carbonyl (C=O) groups excluding carboxylic acids is 2. The van der Waals surface area contributed by atoms with Gasteiger partial charge in [0.15, 0.2) is 5.58 Å². The minimum atomic E-state index is -0.463. The number of hydrogen-bond acceptors (Lipinski definition) is 4. The van der Waals surface area contributed by atoms with Crippen molar-refractivity contribution in [1.29, 1.82) is 0 Å². The van der Waals surface area contributed by atoms with E-state index in [4.69, 9.17) is 9.15 Å². The summed E-state index contributed by atoms with van der Waals surface area (Å²) in [4.78, 5) is 26.7. The van der Waals surface area contributed by atoms with Crippen LogP contribution in [0.3, 0.4) is 0 Å². The number of ether oxygens (including phenoxy) is 1. The molecule has 0 aromatic carbocycles. The van der Waals surface area contributed by atoms with Gasteiger partial charge in [0, 0.05) is 24.7 Å². The smallest absolute Gasteiger partial charge is 0.354 e. The van der Waals surface area contributed by atoms with Crippen LogP contribution in [0.1, 0.15) is 43.1 Å². The predicted molar refractivity (Wildman–Crippen MR) is 85.2 cm³/mol. The van der Waals surface area contributed by atoms with Crippen LogP contribution in [0.15, 0.2) is 22.8 Å². The number of fused-ring (bicyclic) bond motifs is 1. The Kier molecular flexibility index (Phi) is 4.41. The molecule has 0 radical (unpaired) electrons. The van der Waals surface area contributed by atoms with E-state index in [0.29, 0.717) is 17.3 Å². The molecule has 1 amide bonds. The molecule has 0 unspecified atom stereocenters. The zero-order chi connectivity index (χ0) is 16.4. The number of nitrogens with zero attached hydrogens (tertiary/aromatic N) is 2. The first-order valence-electron chi connectivity index (χ1n) is 8.10. The van der Waals surface area contributed by atoms with Crippen LogP contribution < -0.4 is 0 Å². The third kappa shape index (κ3) is 2.85. The van der Waals surface area contributed by atoms with Crippen molar-refractivity contribution in [3.05, 3.63) is 24.1 Å². The van der Waals surface area contributed by atoms with E-state index < -0.39 is 5.97 Å². The summed E-state index contributed by atoms with van der Waals surface area (Å²) < 4.78 is 11.9. The number of furan rings is 1. The van der Waals surface area contributed by atoms with Gasteiger partial charge < -0.3 is 18.6 Å². The third-order valence-electron chi connectivity index (χ3n) is 4.63. The highest BCUT2D eigenvalue weighted by Crippen LogP contribution is 2.24. The Labute approximate surface area is 135 Å². The summed E-state index contributed by atoms with van der Waals surface area (Å²) in [7, 11) is 1.33. The average Bonchev–Trinajstić information content (AvgIpc) is 3.16.